The normalized spacial score (nSPS) is 18.4. The molecule has 0 radical (unpaired) electrons. The van der Waals surface area contributed by atoms with Crippen LogP contribution in [0.25, 0.3) is 0 Å². The first-order valence-corrected chi connectivity index (χ1v) is 6.35. The predicted molar refractivity (Wildman–Crippen MR) is 70.2 cm³/mol. The highest BCUT2D eigenvalue weighted by Gasteiger charge is 2.33. The first kappa shape index (κ1) is 13.0. The number of phenolic OH excluding ortho intramolecular Hbond substituents is 1. The van der Waals surface area contributed by atoms with Gasteiger partial charge in [0.05, 0.1) is 14.2 Å². The summed E-state index contributed by atoms with van der Waals surface area (Å²) in [5, 5.41) is 9.92. The van der Waals surface area contributed by atoms with E-state index in [0.717, 1.165) is 31.2 Å². The molecule has 18 heavy (non-hydrogen) atoms. The summed E-state index contributed by atoms with van der Waals surface area (Å²) < 4.78 is 10.5. The molecular weight excluding hydrogens is 230 g/mol. The maximum atomic E-state index is 9.92. The van der Waals surface area contributed by atoms with Crippen molar-refractivity contribution >= 4 is 0 Å². The van der Waals surface area contributed by atoms with Crippen LogP contribution in [0.4, 0.5) is 0 Å². The van der Waals surface area contributed by atoms with Crippen molar-refractivity contribution in [2.75, 3.05) is 14.2 Å². The van der Waals surface area contributed by atoms with E-state index >= 15 is 0 Å². The number of benzene rings is 1. The van der Waals surface area contributed by atoms with Crippen molar-refractivity contribution in [2.24, 2.45) is 5.73 Å². The number of methoxy groups -OCH3 is 2. The SMILES string of the molecule is COc1cc(OC)c(C2(N)CCCCC2)cc1O. The monoisotopic (exact) mass is 251 g/mol. The summed E-state index contributed by atoms with van der Waals surface area (Å²) in [4.78, 5) is 0. The summed E-state index contributed by atoms with van der Waals surface area (Å²) in [5.74, 6) is 1.22. The molecule has 4 heteroatoms. The van der Waals surface area contributed by atoms with E-state index in [2.05, 4.69) is 0 Å². The van der Waals surface area contributed by atoms with E-state index in [1.165, 1.54) is 13.5 Å². The molecule has 1 aliphatic rings. The zero-order chi connectivity index (χ0) is 13.2. The molecular formula is C14H21NO3. The molecule has 1 aromatic carbocycles. The van der Waals surface area contributed by atoms with Crippen molar-refractivity contribution < 1.29 is 14.6 Å². The number of phenols is 1. The van der Waals surface area contributed by atoms with E-state index in [0.29, 0.717) is 11.5 Å². The highest BCUT2D eigenvalue weighted by Crippen LogP contribution is 2.43. The highest BCUT2D eigenvalue weighted by atomic mass is 16.5. The third kappa shape index (κ3) is 2.25. The lowest BCUT2D eigenvalue weighted by molar-refractivity contribution is 0.285. The van der Waals surface area contributed by atoms with Crippen LogP contribution in [0.1, 0.15) is 37.7 Å². The van der Waals surface area contributed by atoms with Gasteiger partial charge in [-0.15, -0.1) is 0 Å². The minimum Gasteiger partial charge on any atom is -0.504 e. The van der Waals surface area contributed by atoms with Gasteiger partial charge in [-0.1, -0.05) is 19.3 Å². The van der Waals surface area contributed by atoms with Crippen LogP contribution in [0, 0.1) is 0 Å². The molecule has 1 saturated carbocycles. The molecule has 0 atom stereocenters. The molecule has 1 fully saturated rings. The number of rotatable bonds is 3. The fourth-order valence-corrected chi connectivity index (χ4v) is 2.72. The van der Waals surface area contributed by atoms with E-state index in [9.17, 15) is 5.11 Å². The Bertz CT molecular complexity index is 425. The van der Waals surface area contributed by atoms with Crippen molar-refractivity contribution in [1.82, 2.24) is 0 Å². The molecule has 0 aliphatic heterocycles. The van der Waals surface area contributed by atoms with Crippen LogP contribution in [0.5, 0.6) is 17.2 Å². The summed E-state index contributed by atoms with van der Waals surface area (Å²) in [7, 11) is 3.13. The topological polar surface area (TPSA) is 64.7 Å². The second-order valence-corrected chi connectivity index (χ2v) is 4.94. The van der Waals surface area contributed by atoms with Crippen LogP contribution in [0.15, 0.2) is 12.1 Å². The number of nitrogens with two attached hydrogens (primary N) is 1. The van der Waals surface area contributed by atoms with E-state index < -0.39 is 5.54 Å². The third-order valence-electron chi connectivity index (χ3n) is 3.78. The molecule has 0 spiro atoms. The number of hydrogen-bond donors (Lipinski definition) is 2. The first-order valence-electron chi connectivity index (χ1n) is 6.35. The van der Waals surface area contributed by atoms with Crippen LogP contribution in [0.3, 0.4) is 0 Å². The smallest absolute Gasteiger partial charge is 0.164 e. The van der Waals surface area contributed by atoms with E-state index in [4.69, 9.17) is 15.2 Å². The largest absolute Gasteiger partial charge is 0.504 e. The van der Waals surface area contributed by atoms with Crippen molar-refractivity contribution in [1.29, 1.82) is 0 Å². The van der Waals surface area contributed by atoms with Crippen LogP contribution in [0.2, 0.25) is 0 Å². The molecule has 0 aromatic heterocycles. The van der Waals surface area contributed by atoms with Crippen LogP contribution >= 0.6 is 0 Å². The molecule has 0 amide bonds. The fraction of sp³-hybridized carbons (Fsp3) is 0.571. The zero-order valence-corrected chi connectivity index (χ0v) is 11.0. The van der Waals surface area contributed by atoms with Gasteiger partial charge in [-0.3, -0.25) is 0 Å². The second-order valence-electron chi connectivity index (χ2n) is 4.94. The van der Waals surface area contributed by atoms with Gasteiger partial charge in [-0.2, -0.15) is 0 Å². The molecule has 0 heterocycles. The van der Waals surface area contributed by atoms with E-state index in [1.807, 2.05) is 0 Å². The fourth-order valence-electron chi connectivity index (χ4n) is 2.72. The third-order valence-corrected chi connectivity index (χ3v) is 3.78. The summed E-state index contributed by atoms with van der Waals surface area (Å²) >= 11 is 0. The Morgan fingerprint density at radius 1 is 1.06 bits per heavy atom. The lowest BCUT2D eigenvalue weighted by Gasteiger charge is -2.35. The first-order chi connectivity index (χ1) is 8.60. The number of hydrogen-bond acceptors (Lipinski definition) is 4. The van der Waals surface area contributed by atoms with Gasteiger partial charge in [0.15, 0.2) is 11.5 Å². The Kier molecular flexibility index (Phi) is 3.66. The maximum Gasteiger partial charge on any atom is 0.164 e. The zero-order valence-electron chi connectivity index (χ0n) is 11.0. The summed E-state index contributed by atoms with van der Waals surface area (Å²) in [6.07, 6.45) is 5.31. The van der Waals surface area contributed by atoms with Crippen LogP contribution in [-0.4, -0.2) is 19.3 Å². The minimum absolute atomic E-state index is 0.115. The Morgan fingerprint density at radius 3 is 2.22 bits per heavy atom. The number of aromatic hydroxyl groups is 1. The Hall–Kier alpha value is -1.42. The predicted octanol–water partition coefficient (Wildman–Crippen LogP) is 2.53. The second kappa shape index (κ2) is 5.06. The van der Waals surface area contributed by atoms with E-state index in [-0.39, 0.29) is 5.75 Å². The average Bonchev–Trinajstić information content (AvgIpc) is 2.39. The summed E-state index contributed by atoms with van der Waals surface area (Å²) in [5.41, 5.74) is 6.97. The van der Waals surface area contributed by atoms with Gasteiger partial charge in [-0.05, 0) is 18.9 Å². The lowest BCUT2D eigenvalue weighted by atomic mass is 9.77. The molecule has 2 rings (SSSR count). The molecule has 100 valence electrons. The van der Waals surface area contributed by atoms with Gasteiger partial charge in [0, 0.05) is 17.2 Å². The molecule has 0 unspecified atom stereocenters. The molecule has 3 N–H and O–H groups in total. The number of ether oxygens (including phenoxy) is 2. The standard InChI is InChI=1S/C14H21NO3/c1-17-12-9-13(18-2)11(16)8-10(12)14(15)6-4-3-5-7-14/h8-9,16H,3-7,15H2,1-2H3. The van der Waals surface area contributed by atoms with Crippen molar-refractivity contribution in [2.45, 2.75) is 37.6 Å². The van der Waals surface area contributed by atoms with Gasteiger partial charge in [0.1, 0.15) is 5.75 Å². The summed E-state index contributed by atoms with van der Waals surface area (Å²) in [6, 6.07) is 3.39. The molecule has 1 aliphatic carbocycles. The molecule has 0 bridgehead atoms. The van der Waals surface area contributed by atoms with Crippen LogP contribution in [-0.2, 0) is 5.54 Å². The lowest BCUT2D eigenvalue weighted by Crippen LogP contribution is -2.38. The maximum absolute atomic E-state index is 9.92. The molecule has 4 nitrogen and oxygen atoms in total. The van der Waals surface area contributed by atoms with Crippen molar-refractivity contribution in [3.05, 3.63) is 17.7 Å². The quantitative estimate of drug-likeness (QED) is 0.866. The Balaban J connectivity index is 2.45. The average molecular weight is 251 g/mol. The van der Waals surface area contributed by atoms with Gasteiger partial charge in [0.2, 0.25) is 0 Å². The van der Waals surface area contributed by atoms with E-state index in [1.54, 1.807) is 19.2 Å². The summed E-state index contributed by atoms with van der Waals surface area (Å²) in [6.45, 7) is 0. The Morgan fingerprint density at radius 2 is 1.67 bits per heavy atom. The highest BCUT2D eigenvalue weighted by molar-refractivity contribution is 5.52. The van der Waals surface area contributed by atoms with Gasteiger partial charge in [0.25, 0.3) is 0 Å². The molecule has 1 aromatic rings. The minimum atomic E-state index is -0.395. The van der Waals surface area contributed by atoms with Crippen LogP contribution < -0.4 is 15.2 Å². The van der Waals surface area contributed by atoms with Crippen molar-refractivity contribution in [3.63, 3.8) is 0 Å². The Labute approximate surface area is 108 Å². The van der Waals surface area contributed by atoms with Gasteiger partial charge in [-0.25, -0.2) is 0 Å². The molecule has 0 saturated heterocycles. The van der Waals surface area contributed by atoms with Crippen molar-refractivity contribution in [3.8, 4) is 17.2 Å². The van der Waals surface area contributed by atoms with Gasteiger partial charge >= 0.3 is 0 Å². The van der Waals surface area contributed by atoms with Gasteiger partial charge < -0.3 is 20.3 Å².